The molecule has 0 bridgehead atoms. The van der Waals surface area contributed by atoms with Crippen molar-refractivity contribution in [3.63, 3.8) is 0 Å². The molecule has 1 amide bonds. The zero-order valence-corrected chi connectivity index (χ0v) is 22.9. The van der Waals surface area contributed by atoms with Gasteiger partial charge in [0.05, 0.1) is 5.91 Å². The molecular weight excluding hydrogens is 430 g/mol. The first-order chi connectivity index (χ1) is 13.1. The molecule has 1 N–H and O–H groups in total. The Kier molecular flexibility index (Phi) is 22.3. The quantitative estimate of drug-likeness (QED) is 0.319. The standard InChI is InChI=1S/C13H25NO.C12H13.2CH3.Si.Ti/c14-13(15)12-10-8-6-4-2-1-3-5-7-9-11-12;1-3-11-9(2)8-10-6-4-5-7-12(10)11;;;;/h12H,1-11H2,(H2,14,15);4-8H,3H2,1-2H3;2*1H3;;/q;3*-1;;+4/p-1. The Labute approximate surface area is 212 Å². The van der Waals surface area contributed by atoms with Gasteiger partial charge in [0.25, 0.3) is 0 Å². The Balaban J connectivity index is -0.000000454. The third-order valence-corrected chi connectivity index (χ3v) is 5.96. The van der Waals surface area contributed by atoms with Gasteiger partial charge >= 0.3 is 21.7 Å². The number of carbonyl (C=O) groups excluding carboxylic acids is 1. The molecular formula is C27H43NOSiTi. The predicted octanol–water partition coefficient (Wildman–Crippen LogP) is 8.43. The molecule has 0 unspecified atom stereocenters. The summed E-state index contributed by atoms with van der Waals surface area (Å²) in [5.41, 5.74) is 10.2. The molecule has 1 saturated carbocycles. The van der Waals surface area contributed by atoms with Crippen molar-refractivity contribution in [1.29, 1.82) is 0 Å². The van der Waals surface area contributed by atoms with Gasteiger partial charge in [0, 0.05) is 16.9 Å². The zero-order chi connectivity index (χ0) is 19.5. The first kappa shape index (κ1) is 34.8. The van der Waals surface area contributed by atoms with Crippen molar-refractivity contribution in [2.75, 3.05) is 0 Å². The summed E-state index contributed by atoms with van der Waals surface area (Å²) < 4.78 is 0. The number of benzene rings is 1. The molecule has 4 radical (unpaired) electrons. The molecule has 1 fully saturated rings. The van der Waals surface area contributed by atoms with E-state index in [1.54, 1.807) is 0 Å². The van der Waals surface area contributed by atoms with Crippen LogP contribution < -0.4 is 0 Å². The van der Waals surface area contributed by atoms with Crippen LogP contribution in [0.25, 0.3) is 16.5 Å². The van der Waals surface area contributed by atoms with Crippen LogP contribution in [0.2, 0.25) is 0 Å². The molecule has 4 heteroatoms. The average molecular weight is 474 g/mol. The van der Waals surface area contributed by atoms with Gasteiger partial charge in [-0.15, -0.1) is 40.6 Å². The number of fused-ring (bicyclic) bond motifs is 1. The SMILES string of the molecule is CCc1c(C)[cH-]c2ccccc12.[CH3-].[CH3-].[NH-]C(=O)C1CCCCCCCCCCC1.[Si].[Ti+4]. The molecule has 2 aromatic carbocycles. The second kappa shape index (κ2) is 19.9. The van der Waals surface area contributed by atoms with E-state index in [9.17, 15) is 4.79 Å². The molecule has 0 aromatic heterocycles. The van der Waals surface area contributed by atoms with Gasteiger partial charge in [-0.3, -0.25) is 0 Å². The van der Waals surface area contributed by atoms with E-state index < -0.39 is 0 Å². The van der Waals surface area contributed by atoms with Crippen LogP contribution in [0.15, 0.2) is 30.3 Å². The van der Waals surface area contributed by atoms with Crippen molar-refractivity contribution in [3.05, 3.63) is 62.0 Å². The van der Waals surface area contributed by atoms with E-state index in [2.05, 4.69) is 44.2 Å². The maximum Gasteiger partial charge on any atom is 4.00 e. The summed E-state index contributed by atoms with van der Waals surface area (Å²) in [4.78, 5) is 11.1. The van der Waals surface area contributed by atoms with Gasteiger partial charge in [-0.2, -0.15) is 5.56 Å². The summed E-state index contributed by atoms with van der Waals surface area (Å²) in [5.74, 6) is -0.281. The summed E-state index contributed by atoms with van der Waals surface area (Å²) in [5, 5.41) is 2.81. The van der Waals surface area contributed by atoms with Crippen LogP contribution in [0, 0.1) is 27.7 Å². The number of hydrogen-bond donors (Lipinski definition) is 0. The summed E-state index contributed by atoms with van der Waals surface area (Å²) in [6, 6.07) is 10.9. The molecule has 2 nitrogen and oxygen atoms in total. The largest absolute Gasteiger partial charge is 4.00 e. The zero-order valence-electron chi connectivity index (χ0n) is 20.4. The molecule has 1 aliphatic rings. The monoisotopic (exact) mass is 473 g/mol. The van der Waals surface area contributed by atoms with Crippen LogP contribution in [-0.2, 0) is 32.9 Å². The van der Waals surface area contributed by atoms with Crippen LogP contribution in [0.5, 0.6) is 0 Å². The Hall–Kier alpha value is -0.769. The van der Waals surface area contributed by atoms with Crippen molar-refractivity contribution in [2.45, 2.75) is 90.9 Å². The second-order valence-electron chi connectivity index (χ2n) is 8.07. The van der Waals surface area contributed by atoms with Gasteiger partial charge in [0.15, 0.2) is 0 Å². The van der Waals surface area contributed by atoms with Crippen LogP contribution in [0.4, 0.5) is 0 Å². The summed E-state index contributed by atoms with van der Waals surface area (Å²) in [7, 11) is 0. The first-order valence-corrected chi connectivity index (χ1v) is 11.0. The number of amides is 1. The minimum atomic E-state index is -0.327. The van der Waals surface area contributed by atoms with Crippen molar-refractivity contribution in [2.24, 2.45) is 5.92 Å². The van der Waals surface area contributed by atoms with E-state index in [-0.39, 0.29) is 59.4 Å². The second-order valence-corrected chi connectivity index (χ2v) is 8.07. The van der Waals surface area contributed by atoms with Crippen LogP contribution in [0.3, 0.4) is 0 Å². The fourth-order valence-electron chi connectivity index (χ4n) is 4.33. The van der Waals surface area contributed by atoms with E-state index in [1.807, 2.05) is 0 Å². The molecule has 1 aliphatic carbocycles. The van der Waals surface area contributed by atoms with E-state index in [0.29, 0.717) is 0 Å². The number of rotatable bonds is 2. The number of carbonyl (C=O) groups is 1. The third-order valence-electron chi connectivity index (χ3n) is 5.96. The van der Waals surface area contributed by atoms with Crippen LogP contribution in [-0.4, -0.2) is 16.9 Å². The van der Waals surface area contributed by atoms with Gasteiger partial charge in [-0.1, -0.05) is 84.1 Å². The van der Waals surface area contributed by atoms with Gasteiger partial charge in [0.1, 0.15) is 0 Å². The van der Waals surface area contributed by atoms with Crippen molar-refractivity contribution in [1.82, 2.24) is 0 Å². The van der Waals surface area contributed by atoms with Crippen LogP contribution >= 0.6 is 0 Å². The average Bonchev–Trinajstić information content (AvgIpc) is 2.97. The van der Waals surface area contributed by atoms with Gasteiger partial charge in [-0.25, -0.2) is 0 Å². The molecule has 0 aliphatic heterocycles. The molecule has 0 heterocycles. The minimum absolute atomic E-state index is 0. The van der Waals surface area contributed by atoms with Gasteiger partial charge < -0.3 is 25.4 Å². The maximum absolute atomic E-state index is 11.1. The Morgan fingerprint density at radius 2 is 1.39 bits per heavy atom. The number of nitrogens with one attached hydrogen (secondary N) is 1. The Morgan fingerprint density at radius 3 is 1.84 bits per heavy atom. The number of hydrogen-bond acceptors (Lipinski definition) is 1. The molecule has 0 atom stereocenters. The fourth-order valence-corrected chi connectivity index (χ4v) is 4.33. The first-order valence-electron chi connectivity index (χ1n) is 11.0. The molecule has 0 saturated heterocycles. The van der Waals surface area contributed by atoms with Gasteiger partial charge in [0.2, 0.25) is 0 Å². The van der Waals surface area contributed by atoms with Crippen molar-refractivity contribution < 1.29 is 26.5 Å². The van der Waals surface area contributed by atoms with E-state index >= 15 is 0 Å². The van der Waals surface area contributed by atoms with Crippen molar-refractivity contribution in [3.8, 4) is 0 Å². The fraction of sp³-hybridized carbons (Fsp3) is 0.556. The predicted molar refractivity (Wildman–Crippen MR) is 136 cm³/mol. The molecule has 170 valence electrons. The summed E-state index contributed by atoms with van der Waals surface area (Å²) in [6.45, 7) is 4.41. The third kappa shape index (κ3) is 12.2. The maximum atomic E-state index is 11.1. The smallest absolute Gasteiger partial charge is 0.668 e. The van der Waals surface area contributed by atoms with Crippen molar-refractivity contribution >= 4 is 27.6 Å². The molecule has 0 spiro atoms. The normalized spacial score (nSPS) is 15.2. The summed E-state index contributed by atoms with van der Waals surface area (Å²) in [6.07, 6.45) is 14.6. The van der Waals surface area contributed by atoms with E-state index in [0.717, 1.165) is 32.1 Å². The van der Waals surface area contributed by atoms with Gasteiger partial charge in [-0.05, 0) is 12.8 Å². The van der Waals surface area contributed by atoms with Crippen LogP contribution in [0.1, 0.15) is 88.7 Å². The molecule has 3 rings (SSSR count). The summed E-state index contributed by atoms with van der Waals surface area (Å²) >= 11 is 0. The topological polar surface area (TPSA) is 40.9 Å². The molecule has 2 aromatic rings. The van der Waals surface area contributed by atoms with E-state index in [4.69, 9.17) is 5.73 Å². The number of aryl methyl sites for hydroxylation is 2. The molecule has 31 heavy (non-hydrogen) atoms. The van der Waals surface area contributed by atoms with E-state index in [1.165, 1.54) is 66.8 Å². The Bertz CT molecular complexity index is 686. The Morgan fingerprint density at radius 1 is 0.935 bits per heavy atom. The minimum Gasteiger partial charge on any atom is -0.668 e.